The van der Waals surface area contributed by atoms with Crippen LogP contribution < -0.4 is 0 Å². The van der Waals surface area contributed by atoms with Gasteiger partial charge in [-0.15, -0.1) is 46.4 Å². The lowest BCUT2D eigenvalue weighted by molar-refractivity contribution is 0.248. The molecule has 35 heavy (non-hydrogen) atoms. The second kappa shape index (κ2) is 7.54. The van der Waals surface area contributed by atoms with E-state index in [2.05, 4.69) is 0 Å². The number of hydrogen-bond acceptors (Lipinski definition) is 1. The molecular weight excluding hydrogens is 612 g/mol. The standard InChI is InChI=1S/C25H16Cl8N2/c26-11-3-1-10(2-4-11)19-16-14-9-15(20(16)35(34-19)13-7-5-12(27)6-8-13)18-17(14)23(30)21(28)22(29)24(18,31)25(23,32)33/h1-8,14-15,17-18,21-22H,9H2/t14-,15-,17?,18?,21?,22?,23+,24?/m1/s1. The Kier molecular flexibility index (Phi) is 5.18. The second-order valence-electron chi connectivity index (χ2n) is 9.96. The molecule has 0 spiro atoms. The number of benzene rings is 2. The molecule has 1 heterocycles. The zero-order valence-corrected chi connectivity index (χ0v) is 23.8. The van der Waals surface area contributed by atoms with Crippen LogP contribution in [0, 0.1) is 11.8 Å². The van der Waals surface area contributed by atoms with Crippen LogP contribution in [0.25, 0.3) is 16.9 Å². The maximum atomic E-state index is 7.32. The highest BCUT2D eigenvalue weighted by atomic mass is 35.5. The molecular formula is C25H16Cl8N2. The van der Waals surface area contributed by atoms with Gasteiger partial charge in [-0.2, -0.15) is 5.10 Å². The molecule has 4 bridgehead atoms. The van der Waals surface area contributed by atoms with Crippen LogP contribution in [0.5, 0.6) is 0 Å². The predicted octanol–water partition coefficient (Wildman–Crippen LogP) is 9.03. The molecule has 3 aromatic rings. The van der Waals surface area contributed by atoms with E-state index in [1.807, 2.05) is 53.2 Å². The van der Waals surface area contributed by atoms with Crippen molar-refractivity contribution < 1.29 is 0 Å². The fourth-order valence-corrected chi connectivity index (χ4v) is 11.2. The SMILES string of the molecule is Clc1ccc(-c2nn(-c3ccc(Cl)cc3)c3c2[C@H]2C[C@@H]3C3C2[C@]2(Cl)C(Cl)C(Cl)C3(Cl)C2(Cl)Cl)cc1. The minimum absolute atomic E-state index is 0.0182. The van der Waals surface area contributed by atoms with Crippen molar-refractivity contribution in [3.05, 3.63) is 69.8 Å². The van der Waals surface area contributed by atoms with Gasteiger partial charge in [-0.25, -0.2) is 4.68 Å². The highest BCUT2D eigenvalue weighted by Gasteiger charge is 2.89. The van der Waals surface area contributed by atoms with Gasteiger partial charge in [0.15, 0.2) is 4.33 Å². The molecule has 5 unspecified atom stereocenters. The molecule has 3 saturated carbocycles. The molecule has 2 nitrogen and oxygen atoms in total. The highest BCUT2D eigenvalue weighted by molar-refractivity contribution is 6.62. The van der Waals surface area contributed by atoms with Crippen molar-refractivity contribution >= 4 is 92.8 Å². The summed E-state index contributed by atoms with van der Waals surface area (Å²) in [5, 5.41) is 5.07. The topological polar surface area (TPSA) is 17.8 Å². The molecule has 4 aliphatic carbocycles. The Hall–Kier alpha value is -0.0300. The first-order valence-corrected chi connectivity index (χ1v) is 14.4. The average Bonchev–Trinajstić information content (AvgIpc) is 3.56. The zero-order chi connectivity index (χ0) is 24.7. The molecule has 8 atom stereocenters. The first-order valence-electron chi connectivity index (χ1n) is 11.2. The lowest BCUT2D eigenvalue weighted by atomic mass is 9.69. The van der Waals surface area contributed by atoms with Gasteiger partial charge in [0.25, 0.3) is 0 Å². The molecule has 4 aliphatic rings. The molecule has 7 rings (SSSR count). The summed E-state index contributed by atoms with van der Waals surface area (Å²) in [6.07, 6.45) is 0.858. The number of aromatic nitrogens is 2. The molecule has 0 aliphatic heterocycles. The number of halogens is 8. The van der Waals surface area contributed by atoms with Gasteiger partial charge in [0.1, 0.15) is 9.75 Å². The molecule has 2 aromatic carbocycles. The molecule has 1 aromatic heterocycles. The lowest BCUT2D eigenvalue weighted by Crippen LogP contribution is -2.51. The number of nitrogens with zero attached hydrogens (tertiary/aromatic N) is 2. The van der Waals surface area contributed by atoms with E-state index in [0.717, 1.165) is 34.6 Å². The van der Waals surface area contributed by atoms with E-state index in [0.29, 0.717) is 10.0 Å². The van der Waals surface area contributed by atoms with Crippen molar-refractivity contribution in [2.45, 2.75) is 43.1 Å². The first kappa shape index (κ1) is 24.0. The summed E-state index contributed by atoms with van der Waals surface area (Å²) in [5.74, 6) is -0.232. The molecule has 0 radical (unpaired) electrons. The molecule has 182 valence electrons. The van der Waals surface area contributed by atoms with Crippen LogP contribution >= 0.6 is 92.8 Å². The summed E-state index contributed by atoms with van der Waals surface area (Å²) >= 11 is 54.7. The van der Waals surface area contributed by atoms with Crippen molar-refractivity contribution in [1.82, 2.24) is 9.78 Å². The monoisotopic (exact) mass is 624 g/mol. The molecule has 0 N–H and O–H groups in total. The number of rotatable bonds is 2. The third kappa shape index (κ3) is 2.67. The fourth-order valence-electron chi connectivity index (χ4n) is 7.37. The van der Waals surface area contributed by atoms with Gasteiger partial charge in [0.2, 0.25) is 0 Å². The van der Waals surface area contributed by atoms with Gasteiger partial charge in [0.05, 0.1) is 27.8 Å². The summed E-state index contributed by atoms with van der Waals surface area (Å²) in [4.78, 5) is -2.35. The normalized spacial score (nSPS) is 39.8. The Morgan fingerprint density at radius 1 is 0.743 bits per heavy atom. The highest BCUT2D eigenvalue weighted by Crippen LogP contribution is 2.84. The van der Waals surface area contributed by atoms with E-state index < -0.39 is 24.8 Å². The van der Waals surface area contributed by atoms with E-state index in [9.17, 15) is 0 Å². The van der Waals surface area contributed by atoms with Gasteiger partial charge >= 0.3 is 0 Å². The van der Waals surface area contributed by atoms with E-state index in [1.54, 1.807) is 0 Å². The number of hydrogen-bond donors (Lipinski definition) is 0. The van der Waals surface area contributed by atoms with E-state index in [-0.39, 0.29) is 23.7 Å². The summed E-state index contributed by atoms with van der Waals surface area (Å²) in [5.41, 5.74) is 4.99. The predicted molar refractivity (Wildman–Crippen MR) is 147 cm³/mol. The molecule has 0 amide bonds. The lowest BCUT2D eigenvalue weighted by Gasteiger charge is -2.44. The Bertz CT molecular complexity index is 1270. The van der Waals surface area contributed by atoms with Crippen LogP contribution in [0.1, 0.15) is 29.5 Å². The summed E-state index contributed by atoms with van der Waals surface area (Å²) in [7, 11) is 0. The van der Waals surface area contributed by atoms with Gasteiger partial charge in [0, 0.05) is 27.1 Å². The zero-order valence-electron chi connectivity index (χ0n) is 17.7. The van der Waals surface area contributed by atoms with E-state index in [4.69, 9.17) is 97.9 Å². The van der Waals surface area contributed by atoms with Crippen molar-refractivity contribution in [2.24, 2.45) is 11.8 Å². The quantitative estimate of drug-likeness (QED) is 0.205. The number of fused-ring (bicyclic) bond motifs is 12. The van der Waals surface area contributed by atoms with Crippen molar-refractivity contribution in [3.63, 3.8) is 0 Å². The van der Waals surface area contributed by atoms with E-state index >= 15 is 0 Å². The Labute approximate surface area is 242 Å². The third-order valence-corrected chi connectivity index (χ3v) is 13.9. The first-order chi connectivity index (χ1) is 16.5. The Morgan fingerprint density at radius 2 is 1.26 bits per heavy atom. The van der Waals surface area contributed by atoms with E-state index in [1.165, 1.54) is 0 Å². The van der Waals surface area contributed by atoms with Crippen LogP contribution in [0.4, 0.5) is 0 Å². The fraction of sp³-hybridized carbons (Fsp3) is 0.400. The maximum Gasteiger partial charge on any atom is 0.159 e. The molecule has 10 heteroatoms. The minimum Gasteiger partial charge on any atom is -0.237 e. The Balaban J connectivity index is 1.48. The average molecular weight is 628 g/mol. The van der Waals surface area contributed by atoms with Crippen LogP contribution in [0.15, 0.2) is 48.5 Å². The third-order valence-electron chi connectivity index (χ3n) is 8.62. The Morgan fingerprint density at radius 3 is 1.83 bits per heavy atom. The maximum absolute atomic E-state index is 7.32. The summed E-state index contributed by atoms with van der Waals surface area (Å²) in [6.45, 7) is 0. The van der Waals surface area contributed by atoms with Gasteiger partial charge in [-0.3, -0.25) is 0 Å². The van der Waals surface area contributed by atoms with Crippen LogP contribution in [-0.2, 0) is 0 Å². The van der Waals surface area contributed by atoms with Crippen molar-refractivity contribution in [3.8, 4) is 16.9 Å². The van der Waals surface area contributed by atoms with Crippen LogP contribution in [0.3, 0.4) is 0 Å². The summed E-state index contributed by atoms with van der Waals surface area (Å²) in [6, 6.07) is 15.3. The smallest absolute Gasteiger partial charge is 0.159 e. The van der Waals surface area contributed by atoms with Gasteiger partial charge in [-0.05, 0) is 60.6 Å². The van der Waals surface area contributed by atoms with Crippen LogP contribution in [0.2, 0.25) is 10.0 Å². The van der Waals surface area contributed by atoms with Gasteiger partial charge in [-0.1, -0.05) is 58.5 Å². The number of alkyl halides is 6. The minimum atomic E-state index is -1.49. The van der Waals surface area contributed by atoms with Gasteiger partial charge < -0.3 is 0 Å². The molecule has 3 fully saturated rings. The summed E-state index contributed by atoms with van der Waals surface area (Å²) < 4.78 is 0.506. The van der Waals surface area contributed by atoms with Crippen molar-refractivity contribution in [1.29, 1.82) is 0 Å². The van der Waals surface area contributed by atoms with Crippen molar-refractivity contribution in [2.75, 3.05) is 0 Å². The van der Waals surface area contributed by atoms with Crippen LogP contribution in [-0.4, -0.2) is 34.6 Å². The second-order valence-corrected chi connectivity index (χ2v) is 14.3. The largest absolute Gasteiger partial charge is 0.237 e. The molecule has 0 saturated heterocycles.